The van der Waals surface area contributed by atoms with Gasteiger partial charge in [-0.05, 0) is 104 Å². The Morgan fingerprint density at radius 3 is 1.70 bits per heavy atom. The van der Waals surface area contributed by atoms with Gasteiger partial charge in [-0.3, -0.25) is 4.79 Å². The number of carbonyl (C=O) groups is 2. The van der Waals surface area contributed by atoms with Crippen molar-refractivity contribution < 1.29 is 96.7 Å². The number of Topliss-reactive ketones (excluding diaryl/α,β-unsaturated/α-hetero) is 1. The summed E-state index contributed by atoms with van der Waals surface area (Å²) in [5, 5.41) is 59.5. The monoisotopic (exact) mass is 1080 g/mol. The molecule has 0 bridgehead atoms. The van der Waals surface area contributed by atoms with Crippen molar-refractivity contribution in [3.63, 3.8) is 0 Å². The van der Waals surface area contributed by atoms with Crippen molar-refractivity contribution in [1.29, 1.82) is 0 Å². The van der Waals surface area contributed by atoms with Crippen LogP contribution in [0.1, 0.15) is 123 Å². The maximum absolute atomic E-state index is 13.7. The van der Waals surface area contributed by atoms with Gasteiger partial charge >= 0.3 is 5.97 Å². The molecule has 20 heteroatoms. The molecule has 4 heterocycles. The van der Waals surface area contributed by atoms with E-state index in [1.54, 1.807) is 65.5 Å². The van der Waals surface area contributed by atoms with Crippen LogP contribution in [0.15, 0.2) is 42.0 Å². The topological polar surface area (TPSA) is 255 Å². The largest absolute Gasteiger partial charge is 0.458 e. The second-order valence-corrected chi connectivity index (χ2v) is 23.3. The zero-order valence-electron chi connectivity index (χ0n) is 45.9. The van der Waals surface area contributed by atoms with Crippen LogP contribution in [0, 0.1) is 16.7 Å². The summed E-state index contributed by atoms with van der Waals surface area (Å²) < 4.78 is 81.0. The van der Waals surface area contributed by atoms with Gasteiger partial charge in [0.15, 0.2) is 30.9 Å². The summed E-state index contributed by atoms with van der Waals surface area (Å²) in [6.45, 7) is 12.3. The minimum Gasteiger partial charge on any atom is -0.458 e. The lowest BCUT2D eigenvalue weighted by molar-refractivity contribution is -0.356. The standard InChI is InChI=1S/C56H84O20/c1-28-44(58)49(67-11)45(59)51(71-28)76-48-31(4)70-43(26-38(48)66-10)75-47-30(3)69-42(25-37(47)65-9)74-46-29(2)68-41(24-36(46)64-8)72-35-18-19-52(6)34(23-35)17-20-55(62)39(52)27-40(73-50(60)33-15-13-12-14-16-33)53(7)54(61,32(5)57)21-22-56(53,55)63/h12-17,28-31,35-49,51,58-59,61-63H,18-27H2,1-11H3/t28-,29-,30-,31-,35+,36+,37+,38+,39-,40-,41+,42+,43+,44-,45-,46-,47-,48-,49+,51+,52+,53-,54-,55+,56-/m1/s1. The predicted octanol–water partition coefficient (Wildman–Crippen LogP) is 3.81. The molecule has 7 fully saturated rings. The lowest BCUT2D eigenvalue weighted by Gasteiger charge is -2.67. The van der Waals surface area contributed by atoms with Gasteiger partial charge in [0.05, 0.1) is 59.8 Å². The number of aliphatic hydroxyl groups is 5. The third-order valence-corrected chi connectivity index (χ3v) is 19.5. The molecule has 1 aromatic carbocycles. The molecule has 0 radical (unpaired) electrons. The van der Waals surface area contributed by atoms with Crippen LogP contribution < -0.4 is 0 Å². The third-order valence-electron chi connectivity index (χ3n) is 19.5. The van der Waals surface area contributed by atoms with Crippen molar-refractivity contribution in [1.82, 2.24) is 0 Å². The quantitative estimate of drug-likeness (QED) is 0.124. The maximum Gasteiger partial charge on any atom is 0.338 e. The first kappa shape index (κ1) is 58.1. The minimum atomic E-state index is -2.04. The normalized spacial score (nSPS) is 49.4. The average Bonchev–Trinajstić information content (AvgIpc) is 3.63. The van der Waals surface area contributed by atoms with Gasteiger partial charge in [-0.25, -0.2) is 4.79 Å². The smallest absolute Gasteiger partial charge is 0.338 e. The molecule has 428 valence electrons. The Kier molecular flexibility index (Phi) is 17.1. The molecule has 0 unspecified atom stereocenters. The Hall–Kier alpha value is -2.58. The van der Waals surface area contributed by atoms with Gasteiger partial charge in [0, 0.05) is 53.6 Å². The molecule has 9 rings (SSSR count). The summed E-state index contributed by atoms with van der Waals surface area (Å²) in [5.41, 5.74) is -6.73. The summed E-state index contributed by atoms with van der Waals surface area (Å²) in [4.78, 5) is 27.1. The van der Waals surface area contributed by atoms with Crippen LogP contribution in [0.3, 0.4) is 0 Å². The van der Waals surface area contributed by atoms with Crippen LogP contribution >= 0.6 is 0 Å². The first-order chi connectivity index (χ1) is 36.0. The molecule has 1 aromatic rings. The molecule has 4 saturated heterocycles. The molecule has 0 amide bonds. The first-order valence-corrected chi connectivity index (χ1v) is 27.3. The molecule has 5 N–H and O–H groups in total. The highest BCUT2D eigenvalue weighted by Gasteiger charge is 2.81. The Bertz CT molecular complexity index is 2220. The van der Waals surface area contributed by atoms with Crippen LogP contribution in [0.25, 0.3) is 0 Å². The van der Waals surface area contributed by atoms with Crippen molar-refractivity contribution in [3.05, 3.63) is 47.5 Å². The maximum atomic E-state index is 13.7. The molecule has 3 saturated carbocycles. The van der Waals surface area contributed by atoms with Gasteiger partial charge in [-0.2, -0.15) is 0 Å². The van der Waals surface area contributed by atoms with Crippen molar-refractivity contribution >= 4 is 11.8 Å². The summed E-state index contributed by atoms with van der Waals surface area (Å²) in [6, 6.07) is 8.51. The molecule has 4 aliphatic heterocycles. The minimum absolute atomic E-state index is 0.0498. The summed E-state index contributed by atoms with van der Waals surface area (Å²) in [5.74, 6) is -1.76. The fourth-order valence-corrected chi connectivity index (χ4v) is 14.9. The number of aliphatic hydroxyl groups excluding tert-OH is 2. The summed E-state index contributed by atoms with van der Waals surface area (Å²) >= 11 is 0. The van der Waals surface area contributed by atoms with Gasteiger partial charge in [-0.15, -0.1) is 0 Å². The zero-order chi connectivity index (χ0) is 54.9. The number of hydrogen-bond donors (Lipinski definition) is 5. The molecule has 8 aliphatic rings. The highest BCUT2D eigenvalue weighted by Crippen LogP contribution is 2.71. The van der Waals surface area contributed by atoms with E-state index in [1.165, 1.54) is 14.0 Å². The number of fused-ring (bicyclic) bond motifs is 5. The Labute approximate surface area is 446 Å². The van der Waals surface area contributed by atoms with Gasteiger partial charge in [0.1, 0.15) is 59.5 Å². The van der Waals surface area contributed by atoms with Crippen LogP contribution in [0.5, 0.6) is 0 Å². The van der Waals surface area contributed by atoms with Crippen molar-refractivity contribution in [2.24, 2.45) is 16.7 Å². The zero-order valence-corrected chi connectivity index (χ0v) is 45.9. The SMILES string of the molecule is CO[C@@H]1[C@@H](O)[C@H](O[C@H]2[C@@H](OC)C[C@H](O[C@H]3[C@@H](OC)C[C@H](O[C@H]4[C@@H](OC)C[C@H](O[C@H]5CC[C@@]6(C)C(=CC[C@]7(O)[C@@H]6C[C@@H](OC(=O)c6ccccc6)[C@@]6(C)[C@]7(O)CC[C@@]6(O)C(C)=O)C5)O[C@@H]4C)O[C@@H]3C)O[C@@H]2C)O[C@H](C)[C@H]1O. The van der Waals surface area contributed by atoms with Crippen LogP contribution in [0.2, 0.25) is 0 Å². The van der Waals surface area contributed by atoms with Crippen LogP contribution in [0.4, 0.5) is 0 Å². The molecular weight excluding hydrogens is 993 g/mol. The number of benzene rings is 1. The third kappa shape index (κ3) is 9.87. The van der Waals surface area contributed by atoms with E-state index in [-0.39, 0.29) is 31.8 Å². The number of esters is 1. The first-order valence-electron chi connectivity index (χ1n) is 27.3. The highest BCUT2D eigenvalue weighted by atomic mass is 16.8. The molecule has 4 aliphatic carbocycles. The van der Waals surface area contributed by atoms with Gasteiger partial charge in [-0.1, -0.05) is 36.8 Å². The highest BCUT2D eigenvalue weighted by molar-refractivity contribution is 5.90. The predicted molar refractivity (Wildman–Crippen MR) is 267 cm³/mol. The Balaban J connectivity index is 0.810. The summed E-state index contributed by atoms with van der Waals surface area (Å²) in [7, 11) is 6.24. The van der Waals surface area contributed by atoms with Crippen LogP contribution in [-0.2, 0) is 66.4 Å². The fraction of sp³-hybridized carbons (Fsp3) is 0.821. The fourth-order valence-electron chi connectivity index (χ4n) is 14.9. The van der Waals surface area contributed by atoms with Crippen LogP contribution in [-0.4, -0.2) is 199 Å². The van der Waals surface area contributed by atoms with E-state index >= 15 is 0 Å². The number of methoxy groups -OCH3 is 4. The van der Waals surface area contributed by atoms with Crippen molar-refractivity contribution in [2.45, 2.75) is 246 Å². The Morgan fingerprint density at radius 2 is 1.17 bits per heavy atom. The molecule has 20 nitrogen and oxygen atoms in total. The van der Waals surface area contributed by atoms with Gasteiger partial charge < -0.3 is 87.1 Å². The molecule has 0 spiro atoms. The lowest BCUT2D eigenvalue weighted by Crippen LogP contribution is -2.78. The van der Waals surface area contributed by atoms with E-state index in [9.17, 15) is 35.1 Å². The number of ketones is 1. The van der Waals surface area contributed by atoms with E-state index in [4.69, 9.17) is 61.6 Å². The molecule has 76 heavy (non-hydrogen) atoms. The molecule has 0 aromatic heterocycles. The number of carbonyl (C=O) groups excluding carboxylic acids is 2. The summed E-state index contributed by atoms with van der Waals surface area (Å²) in [6.07, 6.45) is -7.99. The second kappa shape index (κ2) is 22.4. The van der Waals surface area contributed by atoms with E-state index in [2.05, 4.69) is 6.92 Å². The average molecular weight is 1080 g/mol. The molecular formula is C56H84O20. The van der Waals surface area contributed by atoms with E-state index in [0.29, 0.717) is 44.1 Å². The number of ether oxygens (including phenoxy) is 13. The van der Waals surface area contributed by atoms with Crippen molar-refractivity contribution in [3.8, 4) is 0 Å². The number of hydrogen-bond acceptors (Lipinski definition) is 20. The van der Waals surface area contributed by atoms with E-state index < -0.39 is 156 Å². The number of rotatable bonds is 15. The second-order valence-electron chi connectivity index (χ2n) is 23.3. The Morgan fingerprint density at radius 1 is 0.632 bits per heavy atom. The lowest BCUT2D eigenvalue weighted by atomic mass is 9.42. The molecule has 25 atom stereocenters. The van der Waals surface area contributed by atoms with Gasteiger partial charge in [0.25, 0.3) is 0 Å². The van der Waals surface area contributed by atoms with E-state index in [1.807, 2.05) is 26.8 Å². The van der Waals surface area contributed by atoms with E-state index in [0.717, 1.165) is 5.57 Å². The van der Waals surface area contributed by atoms with Crippen molar-refractivity contribution in [2.75, 3.05) is 28.4 Å². The van der Waals surface area contributed by atoms with Gasteiger partial charge in [0.2, 0.25) is 0 Å².